The standard InChI is InChI=1S/C15H27N3O2/c1-12-11-18(9-10-20-12)13-4-7-17(8-5-13)15(19)14-3-2-6-16-14/h12-14,16H,2-11H2,1H3/t12?,14-/m0/s1. The molecule has 0 aromatic heterocycles. The first-order chi connectivity index (χ1) is 9.74. The number of nitrogens with zero attached hydrogens (tertiary/aromatic N) is 2. The molecule has 3 fully saturated rings. The van der Waals surface area contributed by atoms with Crippen molar-refractivity contribution in [2.45, 2.75) is 50.8 Å². The maximum atomic E-state index is 12.4. The number of amides is 1. The van der Waals surface area contributed by atoms with Crippen molar-refractivity contribution in [3.05, 3.63) is 0 Å². The minimum atomic E-state index is 0.0926. The first-order valence-electron chi connectivity index (χ1n) is 8.12. The molecule has 0 spiro atoms. The van der Waals surface area contributed by atoms with E-state index in [4.69, 9.17) is 4.74 Å². The van der Waals surface area contributed by atoms with Crippen molar-refractivity contribution in [1.29, 1.82) is 0 Å². The molecule has 1 amide bonds. The van der Waals surface area contributed by atoms with Gasteiger partial charge < -0.3 is 15.0 Å². The van der Waals surface area contributed by atoms with Gasteiger partial charge in [-0.2, -0.15) is 0 Å². The third kappa shape index (κ3) is 3.15. The molecule has 3 rings (SSSR count). The van der Waals surface area contributed by atoms with E-state index in [-0.39, 0.29) is 6.04 Å². The van der Waals surface area contributed by atoms with E-state index in [1.807, 2.05) is 0 Å². The summed E-state index contributed by atoms with van der Waals surface area (Å²) in [5.41, 5.74) is 0. The number of carbonyl (C=O) groups excluding carboxylic acids is 1. The summed E-state index contributed by atoms with van der Waals surface area (Å²) >= 11 is 0. The molecular weight excluding hydrogens is 254 g/mol. The monoisotopic (exact) mass is 281 g/mol. The number of carbonyl (C=O) groups is 1. The van der Waals surface area contributed by atoms with Gasteiger partial charge in [-0.3, -0.25) is 9.69 Å². The summed E-state index contributed by atoms with van der Waals surface area (Å²) in [5, 5.41) is 3.32. The van der Waals surface area contributed by atoms with Crippen molar-refractivity contribution in [3.8, 4) is 0 Å². The van der Waals surface area contributed by atoms with Gasteiger partial charge in [0, 0.05) is 32.2 Å². The zero-order valence-electron chi connectivity index (χ0n) is 12.5. The quantitative estimate of drug-likeness (QED) is 0.798. The van der Waals surface area contributed by atoms with Crippen LogP contribution in [0.4, 0.5) is 0 Å². The molecule has 1 N–H and O–H groups in total. The predicted octanol–water partition coefficient (Wildman–Crippen LogP) is 0.450. The van der Waals surface area contributed by atoms with Gasteiger partial charge in [-0.05, 0) is 39.2 Å². The SMILES string of the molecule is CC1CN(C2CCN(C(=O)[C@@H]3CCCN3)CC2)CCO1. The molecule has 0 bridgehead atoms. The van der Waals surface area contributed by atoms with Crippen molar-refractivity contribution in [2.24, 2.45) is 0 Å². The van der Waals surface area contributed by atoms with Crippen LogP contribution < -0.4 is 5.32 Å². The Bertz CT molecular complexity index is 336. The Hall–Kier alpha value is -0.650. The highest BCUT2D eigenvalue weighted by Gasteiger charge is 2.32. The first kappa shape index (κ1) is 14.3. The van der Waals surface area contributed by atoms with Gasteiger partial charge in [-0.25, -0.2) is 0 Å². The molecule has 5 heteroatoms. The molecule has 20 heavy (non-hydrogen) atoms. The average Bonchev–Trinajstić information content (AvgIpc) is 3.01. The van der Waals surface area contributed by atoms with Crippen LogP contribution in [0.25, 0.3) is 0 Å². The van der Waals surface area contributed by atoms with E-state index in [0.717, 1.165) is 65.0 Å². The molecule has 3 aliphatic heterocycles. The Morgan fingerprint density at radius 3 is 2.65 bits per heavy atom. The normalized spacial score (nSPS) is 33.5. The Balaban J connectivity index is 1.47. The number of piperidine rings is 1. The van der Waals surface area contributed by atoms with Crippen molar-refractivity contribution in [3.63, 3.8) is 0 Å². The molecule has 0 radical (unpaired) electrons. The number of ether oxygens (including phenoxy) is 1. The van der Waals surface area contributed by atoms with Gasteiger partial charge in [0.1, 0.15) is 0 Å². The van der Waals surface area contributed by atoms with Crippen molar-refractivity contribution < 1.29 is 9.53 Å². The number of rotatable bonds is 2. The molecule has 0 saturated carbocycles. The van der Waals surface area contributed by atoms with E-state index >= 15 is 0 Å². The van der Waals surface area contributed by atoms with E-state index in [1.54, 1.807) is 0 Å². The van der Waals surface area contributed by atoms with Crippen LogP contribution in [0.2, 0.25) is 0 Å². The summed E-state index contributed by atoms with van der Waals surface area (Å²) in [4.78, 5) is 17.0. The Labute approximate surface area is 121 Å². The smallest absolute Gasteiger partial charge is 0.239 e. The van der Waals surface area contributed by atoms with Crippen molar-refractivity contribution in [1.82, 2.24) is 15.1 Å². The highest BCUT2D eigenvalue weighted by molar-refractivity contribution is 5.82. The summed E-state index contributed by atoms with van der Waals surface area (Å²) in [7, 11) is 0. The van der Waals surface area contributed by atoms with Gasteiger partial charge >= 0.3 is 0 Å². The Morgan fingerprint density at radius 2 is 2.00 bits per heavy atom. The lowest BCUT2D eigenvalue weighted by molar-refractivity contribution is -0.135. The fourth-order valence-corrected chi connectivity index (χ4v) is 3.74. The second-order valence-corrected chi connectivity index (χ2v) is 6.38. The predicted molar refractivity (Wildman–Crippen MR) is 77.6 cm³/mol. The number of hydrogen-bond acceptors (Lipinski definition) is 4. The van der Waals surface area contributed by atoms with Gasteiger partial charge in [0.15, 0.2) is 0 Å². The molecule has 3 heterocycles. The lowest BCUT2D eigenvalue weighted by Crippen LogP contribution is -2.53. The number of hydrogen-bond donors (Lipinski definition) is 1. The van der Waals surface area contributed by atoms with Crippen LogP contribution in [0.3, 0.4) is 0 Å². The van der Waals surface area contributed by atoms with E-state index in [2.05, 4.69) is 22.0 Å². The Kier molecular flexibility index (Phi) is 4.58. The lowest BCUT2D eigenvalue weighted by Gasteiger charge is -2.42. The maximum absolute atomic E-state index is 12.4. The lowest BCUT2D eigenvalue weighted by atomic mass is 10.0. The zero-order valence-corrected chi connectivity index (χ0v) is 12.5. The molecule has 2 atom stereocenters. The molecule has 0 aromatic rings. The van der Waals surface area contributed by atoms with Crippen LogP contribution in [0, 0.1) is 0 Å². The van der Waals surface area contributed by atoms with Crippen LogP contribution in [0.5, 0.6) is 0 Å². The van der Waals surface area contributed by atoms with Crippen LogP contribution in [0.15, 0.2) is 0 Å². The molecule has 0 aliphatic carbocycles. The number of likely N-dealkylation sites (tertiary alicyclic amines) is 1. The van der Waals surface area contributed by atoms with Gasteiger partial charge in [0.05, 0.1) is 18.8 Å². The Morgan fingerprint density at radius 1 is 1.20 bits per heavy atom. The fraction of sp³-hybridized carbons (Fsp3) is 0.933. The first-order valence-corrected chi connectivity index (χ1v) is 8.12. The highest BCUT2D eigenvalue weighted by Crippen LogP contribution is 2.20. The van der Waals surface area contributed by atoms with E-state index in [9.17, 15) is 4.79 Å². The molecular formula is C15H27N3O2. The molecule has 1 unspecified atom stereocenters. The van der Waals surface area contributed by atoms with Gasteiger partial charge in [-0.1, -0.05) is 0 Å². The maximum Gasteiger partial charge on any atom is 0.239 e. The molecule has 0 aromatic carbocycles. The second kappa shape index (κ2) is 6.41. The topological polar surface area (TPSA) is 44.8 Å². The molecule has 3 saturated heterocycles. The van der Waals surface area contributed by atoms with Crippen molar-refractivity contribution >= 4 is 5.91 Å². The summed E-state index contributed by atoms with van der Waals surface area (Å²) in [6, 6.07) is 0.733. The van der Waals surface area contributed by atoms with Crippen molar-refractivity contribution in [2.75, 3.05) is 39.3 Å². The van der Waals surface area contributed by atoms with E-state index in [0.29, 0.717) is 18.1 Å². The minimum absolute atomic E-state index is 0.0926. The minimum Gasteiger partial charge on any atom is -0.376 e. The number of morpholine rings is 1. The van der Waals surface area contributed by atoms with Gasteiger partial charge in [0.2, 0.25) is 5.91 Å². The van der Waals surface area contributed by atoms with E-state index < -0.39 is 0 Å². The fourth-order valence-electron chi connectivity index (χ4n) is 3.74. The number of nitrogens with one attached hydrogen (secondary N) is 1. The van der Waals surface area contributed by atoms with Gasteiger partial charge in [-0.15, -0.1) is 0 Å². The summed E-state index contributed by atoms with van der Waals surface area (Å²) < 4.78 is 5.61. The summed E-state index contributed by atoms with van der Waals surface area (Å²) in [6.45, 7) is 7.94. The zero-order chi connectivity index (χ0) is 13.9. The molecule has 114 valence electrons. The summed E-state index contributed by atoms with van der Waals surface area (Å²) in [5.74, 6) is 0.330. The van der Waals surface area contributed by atoms with Crippen LogP contribution in [0.1, 0.15) is 32.6 Å². The van der Waals surface area contributed by atoms with Gasteiger partial charge in [0.25, 0.3) is 0 Å². The van der Waals surface area contributed by atoms with Crippen LogP contribution >= 0.6 is 0 Å². The largest absolute Gasteiger partial charge is 0.376 e. The van der Waals surface area contributed by atoms with Crippen LogP contribution in [-0.4, -0.2) is 73.2 Å². The highest BCUT2D eigenvalue weighted by atomic mass is 16.5. The third-order valence-electron chi connectivity index (χ3n) is 4.92. The average molecular weight is 281 g/mol. The third-order valence-corrected chi connectivity index (χ3v) is 4.92. The van der Waals surface area contributed by atoms with E-state index in [1.165, 1.54) is 0 Å². The van der Waals surface area contributed by atoms with Crippen LogP contribution in [-0.2, 0) is 9.53 Å². The molecule has 3 aliphatic rings. The molecule has 5 nitrogen and oxygen atoms in total. The summed E-state index contributed by atoms with van der Waals surface area (Å²) in [6.07, 6.45) is 4.74. The second-order valence-electron chi connectivity index (χ2n) is 6.38.